The lowest BCUT2D eigenvalue weighted by Crippen LogP contribution is -2.03. The third kappa shape index (κ3) is 2.23. The molecular formula is C10H12ClN. The molecule has 1 aromatic carbocycles. The van der Waals surface area contributed by atoms with E-state index < -0.39 is 0 Å². The fourth-order valence-corrected chi connectivity index (χ4v) is 1.25. The van der Waals surface area contributed by atoms with Crippen molar-refractivity contribution in [1.29, 1.82) is 0 Å². The van der Waals surface area contributed by atoms with E-state index in [-0.39, 0.29) is 5.92 Å². The SMILES string of the molecule is [CH2]CC(C[NH])c1ccc(Cl)cc1. The standard InChI is InChI=1S/C10H12ClN/c1-2-8(7-12)9-3-5-10(11)6-4-9/h3-6,8,12H,1-2,7H2. The van der Waals surface area contributed by atoms with Crippen LogP contribution >= 0.6 is 11.6 Å². The Hall–Kier alpha value is -0.530. The maximum absolute atomic E-state index is 7.28. The molecule has 2 heteroatoms. The summed E-state index contributed by atoms with van der Waals surface area (Å²) >= 11 is 5.74. The molecule has 1 N–H and O–H groups in total. The van der Waals surface area contributed by atoms with Gasteiger partial charge in [-0.05, 0) is 30.0 Å². The molecule has 0 aliphatic carbocycles. The van der Waals surface area contributed by atoms with Gasteiger partial charge in [-0.3, -0.25) is 5.73 Å². The zero-order chi connectivity index (χ0) is 8.97. The summed E-state index contributed by atoms with van der Waals surface area (Å²) < 4.78 is 0. The first kappa shape index (κ1) is 9.56. The van der Waals surface area contributed by atoms with Gasteiger partial charge < -0.3 is 0 Å². The molecule has 0 aliphatic heterocycles. The van der Waals surface area contributed by atoms with Gasteiger partial charge in [0.15, 0.2) is 0 Å². The summed E-state index contributed by atoms with van der Waals surface area (Å²) in [5.74, 6) is 0.252. The molecule has 0 amide bonds. The van der Waals surface area contributed by atoms with Crippen molar-refractivity contribution in [3.05, 3.63) is 41.8 Å². The Bertz CT molecular complexity index is 226. The van der Waals surface area contributed by atoms with Gasteiger partial charge in [0, 0.05) is 11.6 Å². The molecule has 0 heterocycles. The lowest BCUT2D eigenvalue weighted by atomic mass is 9.97. The van der Waals surface area contributed by atoms with Gasteiger partial charge in [0.2, 0.25) is 0 Å². The van der Waals surface area contributed by atoms with E-state index >= 15 is 0 Å². The summed E-state index contributed by atoms with van der Waals surface area (Å²) in [6.45, 7) is 4.20. The molecule has 0 spiro atoms. The highest BCUT2D eigenvalue weighted by atomic mass is 35.5. The van der Waals surface area contributed by atoms with E-state index in [1.165, 1.54) is 0 Å². The Morgan fingerprint density at radius 1 is 1.33 bits per heavy atom. The summed E-state index contributed by atoms with van der Waals surface area (Å²) in [5, 5.41) is 0.742. The van der Waals surface area contributed by atoms with E-state index in [1.807, 2.05) is 24.3 Å². The van der Waals surface area contributed by atoms with Crippen LogP contribution in [0.4, 0.5) is 0 Å². The molecule has 12 heavy (non-hydrogen) atoms. The second-order valence-electron chi connectivity index (χ2n) is 2.74. The van der Waals surface area contributed by atoms with Crippen molar-refractivity contribution >= 4 is 11.6 Å². The highest BCUT2D eigenvalue weighted by molar-refractivity contribution is 6.30. The molecule has 1 aromatic rings. The average molecular weight is 182 g/mol. The predicted octanol–water partition coefficient (Wildman–Crippen LogP) is 2.93. The molecule has 0 fully saturated rings. The summed E-state index contributed by atoms with van der Waals surface area (Å²) in [6.07, 6.45) is 0.769. The van der Waals surface area contributed by atoms with Crippen LogP contribution in [0.3, 0.4) is 0 Å². The lowest BCUT2D eigenvalue weighted by molar-refractivity contribution is 0.697. The van der Waals surface area contributed by atoms with E-state index in [1.54, 1.807) is 0 Å². The van der Waals surface area contributed by atoms with Gasteiger partial charge in [0.25, 0.3) is 0 Å². The summed E-state index contributed by atoms with van der Waals surface area (Å²) in [5.41, 5.74) is 8.43. The van der Waals surface area contributed by atoms with Crippen molar-refractivity contribution in [2.75, 3.05) is 6.54 Å². The van der Waals surface area contributed by atoms with Gasteiger partial charge in [-0.2, -0.15) is 0 Å². The second kappa shape index (κ2) is 4.48. The molecule has 0 bridgehead atoms. The fourth-order valence-electron chi connectivity index (χ4n) is 1.12. The Morgan fingerprint density at radius 3 is 2.33 bits per heavy atom. The minimum absolute atomic E-state index is 0.252. The van der Waals surface area contributed by atoms with Crippen molar-refractivity contribution in [1.82, 2.24) is 5.73 Å². The minimum Gasteiger partial charge on any atom is -0.257 e. The van der Waals surface area contributed by atoms with Crippen molar-refractivity contribution in [2.24, 2.45) is 0 Å². The molecule has 1 rings (SSSR count). The van der Waals surface area contributed by atoms with E-state index in [0.717, 1.165) is 17.0 Å². The van der Waals surface area contributed by atoms with Gasteiger partial charge in [0.1, 0.15) is 0 Å². The van der Waals surface area contributed by atoms with Gasteiger partial charge in [-0.25, -0.2) is 0 Å². The van der Waals surface area contributed by atoms with Crippen LogP contribution in [0.2, 0.25) is 5.02 Å². The molecule has 2 radical (unpaired) electrons. The highest BCUT2D eigenvalue weighted by Crippen LogP contribution is 2.20. The van der Waals surface area contributed by atoms with Crippen LogP contribution in [-0.4, -0.2) is 6.54 Å². The Labute approximate surface area is 78.5 Å². The van der Waals surface area contributed by atoms with Gasteiger partial charge in [-0.15, -0.1) is 0 Å². The summed E-state index contributed by atoms with van der Waals surface area (Å²) in [4.78, 5) is 0. The smallest absolute Gasteiger partial charge is 0.0406 e. The summed E-state index contributed by atoms with van der Waals surface area (Å²) in [6, 6.07) is 7.64. The topological polar surface area (TPSA) is 23.8 Å². The third-order valence-electron chi connectivity index (χ3n) is 1.94. The van der Waals surface area contributed by atoms with E-state index in [2.05, 4.69) is 6.92 Å². The number of nitrogens with one attached hydrogen (secondary N) is 1. The van der Waals surface area contributed by atoms with Crippen molar-refractivity contribution in [3.63, 3.8) is 0 Å². The minimum atomic E-state index is 0.252. The van der Waals surface area contributed by atoms with Crippen molar-refractivity contribution in [2.45, 2.75) is 12.3 Å². The molecule has 0 aromatic heterocycles. The first-order valence-corrected chi connectivity index (χ1v) is 4.35. The number of benzene rings is 1. The molecule has 1 nitrogen and oxygen atoms in total. The van der Waals surface area contributed by atoms with Crippen molar-refractivity contribution < 1.29 is 0 Å². The van der Waals surface area contributed by atoms with Crippen LogP contribution < -0.4 is 5.73 Å². The zero-order valence-corrected chi connectivity index (χ0v) is 7.64. The monoisotopic (exact) mass is 181 g/mol. The molecular weight excluding hydrogens is 170 g/mol. The van der Waals surface area contributed by atoms with Gasteiger partial charge in [0.05, 0.1) is 0 Å². The van der Waals surface area contributed by atoms with Crippen LogP contribution in [-0.2, 0) is 0 Å². The molecule has 64 valence electrons. The van der Waals surface area contributed by atoms with E-state index in [4.69, 9.17) is 17.3 Å². The average Bonchev–Trinajstić information content (AvgIpc) is 2.10. The van der Waals surface area contributed by atoms with Crippen LogP contribution in [0, 0.1) is 6.92 Å². The van der Waals surface area contributed by atoms with Crippen LogP contribution in [0.5, 0.6) is 0 Å². The largest absolute Gasteiger partial charge is 0.257 e. The summed E-state index contributed by atoms with van der Waals surface area (Å²) in [7, 11) is 0. The van der Waals surface area contributed by atoms with Crippen LogP contribution in [0.1, 0.15) is 17.9 Å². The molecule has 1 unspecified atom stereocenters. The van der Waals surface area contributed by atoms with Crippen molar-refractivity contribution in [3.8, 4) is 0 Å². The highest BCUT2D eigenvalue weighted by Gasteiger charge is 2.05. The molecule has 0 aliphatic rings. The predicted molar refractivity (Wildman–Crippen MR) is 52.1 cm³/mol. The molecule has 1 atom stereocenters. The third-order valence-corrected chi connectivity index (χ3v) is 2.19. The zero-order valence-electron chi connectivity index (χ0n) is 6.89. The number of halogens is 1. The van der Waals surface area contributed by atoms with Gasteiger partial charge in [-0.1, -0.05) is 30.7 Å². The number of hydrogen-bond donors (Lipinski definition) is 0. The second-order valence-corrected chi connectivity index (χ2v) is 3.18. The molecule has 0 saturated heterocycles. The Balaban J connectivity index is 2.80. The lowest BCUT2D eigenvalue weighted by Gasteiger charge is -2.11. The Morgan fingerprint density at radius 2 is 1.92 bits per heavy atom. The first-order chi connectivity index (χ1) is 5.77. The number of rotatable bonds is 3. The quantitative estimate of drug-likeness (QED) is 0.685. The van der Waals surface area contributed by atoms with Crippen LogP contribution in [0.25, 0.3) is 0 Å². The Kier molecular flexibility index (Phi) is 3.57. The molecule has 0 saturated carbocycles. The maximum atomic E-state index is 7.28. The van der Waals surface area contributed by atoms with E-state index in [0.29, 0.717) is 6.54 Å². The van der Waals surface area contributed by atoms with Crippen LogP contribution in [0.15, 0.2) is 24.3 Å². The fraction of sp³-hybridized carbons (Fsp3) is 0.300. The number of hydrogen-bond acceptors (Lipinski definition) is 0. The first-order valence-electron chi connectivity index (χ1n) is 3.97. The normalized spacial score (nSPS) is 12.9. The van der Waals surface area contributed by atoms with E-state index in [9.17, 15) is 0 Å². The van der Waals surface area contributed by atoms with Gasteiger partial charge >= 0.3 is 0 Å². The maximum Gasteiger partial charge on any atom is 0.0406 e.